The van der Waals surface area contributed by atoms with Crippen LogP contribution in [0.5, 0.6) is 0 Å². The van der Waals surface area contributed by atoms with Crippen LogP contribution >= 0.6 is 11.6 Å². The van der Waals surface area contributed by atoms with E-state index in [0.717, 1.165) is 5.56 Å². The average molecular weight is 425 g/mol. The zero-order chi connectivity index (χ0) is 20.3. The summed E-state index contributed by atoms with van der Waals surface area (Å²) in [6.45, 7) is 4.59. The van der Waals surface area contributed by atoms with Crippen molar-refractivity contribution in [1.29, 1.82) is 0 Å². The van der Waals surface area contributed by atoms with E-state index in [1.807, 2.05) is 6.92 Å². The quantitative estimate of drug-likeness (QED) is 0.748. The number of carbonyl (C=O) groups excluding carboxylic acids is 1. The maximum atomic E-state index is 13.0. The lowest BCUT2D eigenvalue weighted by Gasteiger charge is -2.40. The van der Waals surface area contributed by atoms with Gasteiger partial charge in [-0.05, 0) is 42.8 Å². The third-order valence-corrected chi connectivity index (χ3v) is 5.41. The largest absolute Gasteiger partial charge is 0.755 e. The SMILES string of the molecule is CC1CN(Cc2ccc(F)cc2)CCN1C(=O)c1ccc(NS(=O)[O-])cc1Cl. The van der Waals surface area contributed by atoms with Crippen molar-refractivity contribution in [2.24, 2.45) is 0 Å². The first-order valence-corrected chi connectivity index (χ1v) is 10.2. The van der Waals surface area contributed by atoms with Crippen molar-refractivity contribution in [1.82, 2.24) is 9.80 Å². The molecule has 2 unspecified atom stereocenters. The molecule has 2 aromatic rings. The summed E-state index contributed by atoms with van der Waals surface area (Å²) in [5, 5.41) is 0.196. The van der Waals surface area contributed by atoms with Gasteiger partial charge in [0.1, 0.15) is 5.82 Å². The zero-order valence-corrected chi connectivity index (χ0v) is 16.8. The summed E-state index contributed by atoms with van der Waals surface area (Å²) in [4.78, 5) is 16.9. The maximum absolute atomic E-state index is 13.0. The van der Waals surface area contributed by atoms with Gasteiger partial charge < -0.3 is 14.2 Å². The molecule has 1 aliphatic rings. The Kier molecular flexibility index (Phi) is 6.66. The van der Waals surface area contributed by atoms with E-state index >= 15 is 0 Å². The Balaban J connectivity index is 1.64. The highest BCUT2D eigenvalue weighted by Gasteiger charge is 2.29. The number of amides is 1. The van der Waals surface area contributed by atoms with Crippen LogP contribution in [0.15, 0.2) is 42.5 Å². The summed E-state index contributed by atoms with van der Waals surface area (Å²) in [5.74, 6) is -0.444. The standard InChI is InChI=1S/C19H21ClFN3O3S/c1-13-11-23(12-14-2-4-15(21)5-3-14)8-9-24(13)19(25)17-7-6-16(10-18(17)20)22-28(26)27/h2-7,10,13,22H,8-9,11-12H2,1H3,(H,26,27)/p-1. The minimum absolute atomic E-state index is 0.0234. The van der Waals surface area contributed by atoms with Crippen molar-refractivity contribution in [3.63, 3.8) is 0 Å². The van der Waals surface area contributed by atoms with Crippen LogP contribution in [0.1, 0.15) is 22.8 Å². The molecule has 1 aliphatic heterocycles. The minimum Gasteiger partial charge on any atom is -0.755 e. The minimum atomic E-state index is -2.45. The molecule has 0 saturated carbocycles. The summed E-state index contributed by atoms with van der Waals surface area (Å²) < 4.78 is 36.7. The van der Waals surface area contributed by atoms with E-state index in [4.69, 9.17) is 11.6 Å². The first-order chi connectivity index (χ1) is 13.3. The highest BCUT2D eigenvalue weighted by molar-refractivity contribution is 7.80. The van der Waals surface area contributed by atoms with Gasteiger partial charge >= 0.3 is 0 Å². The van der Waals surface area contributed by atoms with E-state index in [9.17, 15) is 17.9 Å². The molecule has 28 heavy (non-hydrogen) atoms. The Hall–Kier alpha value is -2.00. The van der Waals surface area contributed by atoms with Gasteiger partial charge in [0.05, 0.1) is 10.6 Å². The zero-order valence-electron chi connectivity index (χ0n) is 15.2. The maximum Gasteiger partial charge on any atom is 0.255 e. The molecule has 2 atom stereocenters. The van der Waals surface area contributed by atoms with Gasteiger partial charge in [-0.15, -0.1) is 0 Å². The van der Waals surface area contributed by atoms with E-state index in [0.29, 0.717) is 37.4 Å². The summed E-state index contributed by atoms with van der Waals surface area (Å²) in [6, 6.07) is 10.8. The fourth-order valence-corrected chi connectivity index (χ4v) is 3.91. The lowest BCUT2D eigenvalue weighted by molar-refractivity contribution is 0.0475. The topological polar surface area (TPSA) is 75.7 Å². The van der Waals surface area contributed by atoms with Crippen LogP contribution in [-0.2, 0) is 17.8 Å². The van der Waals surface area contributed by atoms with Crippen LogP contribution in [0.25, 0.3) is 0 Å². The second-order valence-electron chi connectivity index (χ2n) is 6.74. The first kappa shape index (κ1) is 20.7. The molecule has 1 N–H and O–H groups in total. The van der Waals surface area contributed by atoms with E-state index in [2.05, 4.69) is 9.62 Å². The predicted molar refractivity (Wildman–Crippen MR) is 106 cm³/mol. The Labute approximate surface area is 170 Å². The van der Waals surface area contributed by atoms with Crippen molar-refractivity contribution >= 4 is 34.5 Å². The molecule has 0 aromatic heterocycles. The van der Waals surface area contributed by atoms with Crippen LogP contribution in [0.3, 0.4) is 0 Å². The molecule has 1 fully saturated rings. The summed E-state index contributed by atoms with van der Waals surface area (Å²) in [6.07, 6.45) is 0. The number of carbonyl (C=O) groups is 1. The predicted octanol–water partition coefficient (Wildman–Crippen LogP) is 3.03. The summed E-state index contributed by atoms with van der Waals surface area (Å²) in [7, 11) is 0. The van der Waals surface area contributed by atoms with E-state index in [-0.39, 0.29) is 22.8 Å². The molecule has 1 saturated heterocycles. The fraction of sp³-hybridized carbons (Fsp3) is 0.316. The van der Waals surface area contributed by atoms with Crippen LogP contribution in [0.4, 0.5) is 10.1 Å². The normalized spacial score (nSPS) is 18.7. The van der Waals surface area contributed by atoms with Crippen molar-refractivity contribution in [2.75, 3.05) is 24.4 Å². The number of hydrogen-bond acceptors (Lipinski definition) is 4. The lowest BCUT2D eigenvalue weighted by atomic mass is 10.1. The van der Waals surface area contributed by atoms with E-state index in [1.54, 1.807) is 17.0 Å². The van der Waals surface area contributed by atoms with Crippen molar-refractivity contribution < 1.29 is 17.9 Å². The Bertz CT molecular complexity index is 881. The van der Waals surface area contributed by atoms with Crippen molar-refractivity contribution in [2.45, 2.75) is 19.5 Å². The molecule has 1 heterocycles. The molecule has 6 nitrogen and oxygen atoms in total. The monoisotopic (exact) mass is 424 g/mol. The number of hydrogen-bond donors (Lipinski definition) is 1. The van der Waals surface area contributed by atoms with Crippen molar-refractivity contribution in [3.05, 3.63) is 64.4 Å². The van der Waals surface area contributed by atoms with Gasteiger partial charge in [0, 0.05) is 49.2 Å². The van der Waals surface area contributed by atoms with Gasteiger partial charge in [-0.1, -0.05) is 23.7 Å². The van der Waals surface area contributed by atoms with Gasteiger partial charge in [-0.3, -0.25) is 13.9 Å². The van der Waals surface area contributed by atoms with Gasteiger partial charge in [0.25, 0.3) is 5.91 Å². The number of piperazine rings is 1. The molecule has 9 heteroatoms. The summed E-state index contributed by atoms with van der Waals surface area (Å²) in [5.41, 5.74) is 1.66. The first-order valence-electron chi connectivity index (χ1n) is 8.76. The van der Waals surface area contributed by atoms with E-state index < -0.39 is 11.3 Å². The molecule has 3 rings (SSSR count). The Morgan fingerprint density at radius 1 is 1.29 bits per heavy atom. The molecular formula is C19H20ClFN3O3S-. The third-order valence-electron chi connectivity index (χ3n) is 4.69. The second-order valence-corrected chi connectivity index (χ2v) is 7.82. The van der Waals surface area contributed by atoms with Crippen LogP contribution in [0, 0.1) is 5.82 Å². The van der Waals surface area contributed by atoms with Crippen molar-refractivity contribution in [3.8, 4) is 0 Å². The fourth-order valence-electron chi connectivity index (χ4n) is 3.33. The molecule has 0 radical (unpaired) electrons. The van der Waals surface area contributed by atoms with Crippen LogP contribution < -0.4 is 4.72 Å². The number of nitrogens with one attached hydrogen (secondary N) is 1. The average Bonchev–Trinajstić information content (AvgIpc) is 2.63. The molecule has 2 aromatic carbocycles. The molecule has 0 bridgehead atoms. The smallest absolute Gasteiger partial charge is 0.255 e. The number of benzene rings is 2. The second kappa shape index (κ2) is 9.00. The summed E-state index contributed by atoms with van der Waals surface area (Å²) >= 11 is 3.74. The molecule has 0 spiro atoms. The van der Waals surface area contributed by atoms with Crippen LogP contribution in [0.2, 0.25) is 5.02 Å². The number of rotatable bonds is 5. The third kappa shape index (κ3) is 5.08. The van der Waals surface area contributed by atoms with Gasteiger partial charge in [0.15, 0.2) is 0 Å². The molecule has 1 amide bonds. The molecule has 0 aliphatic carbocycles. The van der Waals surface area contributed by atoms with Gasteiger partial charge in [-0.2, -0.15) is 0 Å². The number of halogens is 2. The van der Waals surface area contributed by atoms with Gasteiger partial charge in [0.2, 0.25) is 0 Å². The van der Waals surface area contributed by atoms with Crippen LogP contribution in [-0.4, -0.2) is 50.1 Å². The molecule has 150 valence electrons. The molecular weight excluding hydrogens is 405 g/mol. The number of anilines is 1. The van der Waals surface area contributed by atoms with Gasteiger partial charge in [-0.25, -0.2) is 4.39 Å². The Morgan fingerprint density at radius 3 is 2.61 bits per heavy atom. The highest BCUT2D eigenvalue weighted by atomic mass is 35.5. The highest BCUT2D eigenvalue weighted by Crippen LogP contribution is 2.24. The Morgan fingerprint density at radius 2 is 2.00 bits per heavy atom. The number of nitrogens with zero attached hydrogens (tertiary/aromatic N) is 2. The lowest BCUT2D eigenvalue weighted by Crippen LogP contribution is -2.53. The van der Waals surface area contributed by atoms with E-state index in [1.165, 1.54) is 30.3 Å².